The molecule has 2 nitrogen and oxygen atoms in total. The van der Waals surface area contributed by atoms with Crippen LogP contribution in [0.15, 0.2) is 18.3 Å². The number of nitrogens with one attached hydrogen (secondary N) is 1. The first-order valence-corrected chi connectivity index (χ1v) is 13.1. The summed E-state index contributed by atoms with van der Waals surface area (Å²) in [6, 6.07) is 4.64. The fourth-order valence-electron chi connectivity index (χ4n) is 3.57. The molecule has 3 heteroatoms. The highest BCUT2D eigenvalue weighted by Gasteiger charge is 2.03. The molecule has 0 amide bonds. The van der Waals surface area contributed by atoms with Gasteiger partial charge in [-0.2, -0.15) is 11.8 Å². The van der Waals surface area contributed by atoms with Gasteiger partial charge in [-0.25, -0.2) is 4.98 Å². The van der Waals surface area contributed by atoms with Crippen molar-refractivity contribution in [2.24, 2.45) is 0 Å². The van der Waals surface area contributed by atoms with Crippen LogP contribution in [0.4, 0.5) is 5.82 Å². The van der Waals surface area contributed by atoms with Gasteiger partial charge in [0, 0.05) is 18.0 Å². The Bertz CT molecular complexity index is 464. The molecule has 0 aliphatic heterocycles. The van der Waals surface area contributed by atoms with Crippen LogP contribution in [0.1, 0.15) is 109 Å². The standard InChI is InChI=1S/C25H46N2S/c1-4-5-6-7-8-9-10-11-12-13-14-15-16-17-20-28-22-24(3)27-25-21-23(2)18-19-26-25/h18-19,21,24H,4-17,20,22H2,1-3H3,(H,26,27). The Morgan fingerprint density at radius 2 is 1.39 bits per heavy atom. The van der Waals surface area contributed by atoms with Gasteiger partial charge < -0.3 is 5.32 Å². The summed E-state index contributed by atoms with van der Waals surface area (Å²) in [5, 5.41) is 3.50. The molecule has 162 valence electrons. The van der Waals surface area contributed by atoms with E-state index in [9.17, 15) is 0 Å². The molecule has 1 rings (SSSR count). The lowest BCUT2D eigenvalue weighted by molar-refractivity contribution is 0.538. The van der Waals surface area contributed by atoms with Crippen LogP contribution < -0.4 is 5.32 Å². The molecule has 0 fully saturated rings. The van der Waals surface area contributed by atoms with Crippen LogP contribution in [0.3, 0.4) is 0 Å². The Hall–Kier alpha value is -0.700. The van der Waals surface area contributed by atoms with E-state index in [0.29, 0.717) is 6.04 Å². The van der Waals surface area contributed by atoms with E-state index in [4.69, 9.17) is 0 Å². The lowest BCUT2D eigenvalue weighted by atomic mass is 10.0. The largest absolute Gasteiger partial charge is 0.367 e. The molecule has 0 saturated heterocycles. The van der Waals surface area contributed by atoms with Crippen LogP contribution >= 0.6 is 11.8 Å². The lowest BCUT2D eigenvalue weighted by Gasteiger charge is -2.14. The van der Waals surface area contributed by atoms with Crippen LogP contribution in [-0.2, 0) is 0 Å². The fourth-order valence-corrected chi connectivity index (χ4v) is 4.58. The van der Waals surface area contributed by atoms with Crippen molar-refractivity contribution in [3.05, 3.63) is 23.9 Å². The Balaban J connectivity index is 1.79. The summed E-state index contributed by atoms with van der Waals surface area (Å²) in [4.78, 5) is 4.38. The van der Waals surface area contributed by atoms with Crippen LogP contribution in [-0.4, -0.2) is 22.5 Å². The van der Waals surface area contributed by atoms with Crippen molar-refractivity contribution in [1.29, 1.82) is 0 Å². The average Bonchev–Trinajstić information content (AvgIpc) is 2.67. The first-order chi connectivity index (χ1) is 13.7. The summed E-state index contributed by atoms with van der Waals surface area (Å²) >= 11 is 2.08. The minimum Gasteiger partial charge on any atom is -0.367 e. The normalized spacial score (nSPS) is 12.2. The van der Waals surface area contributed by atoms with E-state index in [0.717, 1.165) is 11.6 Å². The number of aromatic nitrogens is 1. The van der Waals surface area contributed by atoms with Gasteiger partial charge >= 0.3 is 0 Å². The van der Waals surface area contributed by atoms with Gasteiger partial charge in [0.2, 0.25) is 0 Å². The fraction of sp³-hybridized carbons (Fsp3) is 0.800. The minimum atomic E-state index is 0.478. The number of hydrogen-bond donors (Lipinski definition) is 1. The highest BCUT2D eigenvalue weighted by atomic mass is 32.2. The third-order valence-electron chi connectivity index (χ3n) is 5.32. The van der Waals surface area contributed by atoms with Crippen LogP contribution in [0, 0.1) is 6.92 Å². The van der Waals surface area contributed by atoms with Gasteiger partial charge in [0.1, 0.15) is 5.82 Å². The number of aryl methyl sites for hydroxylation is 1. The number of thioether (sulfide) groups is 1. The van der Waals surface area contributed by atoms with Crippen molar-refractivity contribution in [2.45, 2.75) is 117 Å². The van der Waals surface area contributed by atoms with E-state index in [1.807, 2.05) is 12.3 Å². The first-order valence-electron chi connectivity index (χ1n) is 12.0. The molecular formula is C25H46N2S. The monoisotopic (exact) mass is 406 g/mol. The molecule has 1 aromatic heterocycles. The van der Waals surface area contributed by atoms with E-state index < -0.39 is 0 Å². The van der Waals surface area contributed by atoms with Gasteiger partial charge in [-0.15, -0.1) is 0 Å². The molecule has 1 N–H and O–H groups in total. The van der Waals surface area contributed by atoms with Crippen LogP contribution in [0.2, 0.25) is 0 Å². The molecule has 1 atom stereocenters. The number of nitrogens with zero attached hydrogens (tertiary/aromatic N) is 1. The lowest BCUT2D eigenvalue weighted by Crippen LogP contribution is -2.18. The third kappa shape index (κ3) is 15.2. The van der Waals surface area contributed by atoms with Gasteiger partial charge in [-0.1, -0.05) is 90.4 Å². The molecule has 1 unspecified atom stereocenters. The molecule has 0 saturated carbocycles. The van der Waals surface area contributed by atoms with E-state index >= 15 is 0 Å². The quantitative estimate of drug-likeness (QED) is 0.233. The summed E-state index contributed by atoms with van der Waals surface area (Å²) in [5.74, 6) is 3.46. The van der Waals surface area contributed by atoms with Crippen molar-refractivity contribution >= 4 is 17.6 Å². The maximum atomic E-state index is 4.38. The zero-order chi connectivity index (χ0) is 20.3. The predicted molar refractivity (Wildman–Crippen MR) is 130 cm³/mol. The Morgan fingerprint density at radius 3 is 1.93 bits per heavy atom. The summed E-state index contributed by atoms with van der Waals surface area (Å²) in [5.41, 5.74) is 1.26. The van der Waals surface area contributed by atoms with E-state index in [1.165, 1.54) is 101 Å². The number of unbranched alkanes of at least 4 members (excludes halogenated alkanes) is 13. The van der Waals surface area contributed by atoms with Crippen LogP contribution in [0.25, 0.3) is 0 Å². The maximum Gasteiger partial charge on any atom is 0.126 e. The zero-order valence-electron chi connectivity index (χ0n) is 19.0. The smallest absolute Gasteiger partial charge is 0.126 e. The Morgan fingerprint density at radius 1 is 0.857 bits per heavy atom. The molecule has 0 radical (unpaired) electrons. The summed E-state index contributed by atoms with van der Waals surface area (Å²) in [6.45, 7) is 6.66. The van der Waals surface area contributed by atoms with Gasteiger partial charge in [-0.05, 0) is 43.7 Å². The number of anilines is 1. The summed E-state index contributed by atoms with van der Waals surface area (Å²) in [6.07, 6.45) is 22.0. The maximum absolute atomic E-state index is 4.38. The van der Waals surface area contributed by atoms with Gasteiger partial charge in [-0.3, -0.25) is 0 Å². The van der Waals surface area contributed by atoms with E-state index in [-0.39, 0.29) is 0 Å². The summed E-state index contributed by atoms with van der Waals surface area (Å²) in [7, 11) is 0. The number of pyridine rings is 1. The van der Waals surface area contributed by atoms with Crippen molar-refractivity contribution in [3.8, 4) is 0 Å². The zero-order valence-corrected chi connectivity index (χ0v) is 19.8. The molecule has 0 bridgehead atoms. The molecule has 1 heterocycles. The highest BCUT2D eigenvalue weighted by Crippen LogP contribution is 2.15. The SMILES string of the molecule is CCCCCCCCCCCCCCCCSCC(C)Nc1cc(C)ccn1. The Labute approximate surface area is 180 Å². The average molecular weight is 407 g/mol. The van der Waals surface area contributed by atoms with Crippen LogP contribution in [0.5, 0.6) is 0 Å². The number of hydrogen-bond acceptors (Lipinski definition) is 3. The number of rotatable bonds is 19. The molecule has 0 aliphatic carbocycles. The topological polar surface area (TPSA) is 24.9 Å². The second-order valence-corrected chi connectivity index (χ2v) is 9.58. The van der Waals surface area contributed by atoms with Crippen molar-refractivity contribution < 1.29 is 0 Å². The van der Waals surface area contributed by atoms with Gasteiger partial charge in [0.15, 0.2) is 0 Å². The first kappa shape index (κ1) is 25.3. The molecule has 0 aliphatic rings. The highest BCUT2D eigenvalue weighted by molar-refractivity contribution is 7.99. The summed E-state index contributed by atoms with van der Waals surface area (Å²) < 4.78 is 0. The molecule has 0 aromatic carbocycles. The van der Waals surface area contributed by atoms with Crippen molar-refractivity contribution in [1.82, 2.24) is 4.98 Å². The van der Waals surface area contributed by atoms with E-state index in [2.05, 4.69) is 48.9 Å². The van der Waals surface area contributed by atoms with Gasteiger partial charge in [0.05, 0.1) is 0 Å². The molecule has 0 spiro atoms. The second kappa shape index (κ2) is 18.3. The van der Waals surface area contributed by atoms with E-state index in [1.54, 1.807) is 0 Å². The minimum absolute atomic E-state index is 0.478. The Kier molecular flexibility index (Phi) is 16.6. The molecule has 28 heavy (non-hydrogen) atoms. The van der Waals surface area contributed by atoms with Gasteiger partial charge in [0.25, 0.3) is 0 Å². The predicted octanol–water partition coefficient (Wildman–Crippen LogP) is 8.40. The molecule has 1 aromatic rings. The van der Waals surface area contributed by atoms with Crippen molar-refractivity contribution in [2.75, 3.05) is 16.8 Å². The van der Waals surface area contributed by atoms with Crippen molar-refractivity contribution in [3.63, 3.8) is 0 Å². The third-order valence-corrected chi connectivity index (χ3v) is 6.63. The molecular weight excluding hydrogens is 360 g/mol. The second-order valence-electron chi connectivity index (χ2n) is 8.43.